The highest BCUT2D eigenvalue weighted by atomic mass is 15.2. The molecule has 0 N–H and O–H groups in total. The molecular formula is C49H34N5-. The van der Waals surface area contributed by atoms with Crippen LogP contribution in [-0.2, 0) is 5.41 Å². The Bertz CT molecular complexity index is 3060. The number of para-hydroxylation sites is 1. The van der Waals surface area contributed by atoms with Gasteiger partial charge in [-0.05, 0) is 97.4 Å². The van der Waals surface area contributed by atoms with E-state index in [-0.39, 0.29) is 5.41 Å². The number of pyridine rings is 1. The number of nitrogens with zero attached hydrogens (tertiary/aromatic N) is 5. The molecule has 5 nitrogen and oxygen atoms in total. The molecule has 2 aromatic heterocycles. The minimum atomic E-state index is -0.555. The van der Waals surface area contributed by atoms with Crippen LogP contribution in [0.15, 0.2) is 174 Å². The van der Waals surface area contributed by atoms with Crippen molar-refractivity contribution in [2.75, 3.05) is 0 Å². The fourth-order valence-electron chi connectivity index (χ4n) is 8.61. The number of aliphatic imine (C=N–C) groups is 2. The van der Waals surface area contributed by atoms with Crippen molar-refractivity contribution < 1.29 is 0 Å². The Hall–Kier alpha value is -6.85. The molecule has 7 aromatic carbocycles. The Morgan fingerprint density at radius 3 is 2.02 bits per heavy atom. The molecule has 5 heteroatoms. The lowest BCUT2D eigenvalue weighted by atomic mass is 9.82. The van der Waals surface area contributed by atoms with Crippen molar-refractivity contribution in [2.24, 2.45) is 9.98 Å². The fourth-order valence-corrected chi connectivity index (χ4v) is 8.61. The number of hydrogen-bond acceptors (Lipinski definition) is 3. The number of rotatable bonds is 4. The van der Waals surface area contributed by atoms with E-state index in [4.69, 9.17) is 20.3 Å². The van der Waals surface area contributed by atoms with Crippen molar-refractivity contribution >= 4 is 55.0 Å². The van der Waals surface area contributed by atoms with Crippen LogP contribution in [0, 0.1) is 0 Å². The second-order valence-electron chi connectivity index (χ2n) is 14.9. The molecule has 1 atom stereocenters. The highest BCUT2D eigenvalue weighted by Gasteiger charge is 2.36. The summed E-state index contributed by atoms with van der Waals surface area (Å²) in [4.78, 5) is 15.3. The van der Waals surface area contributed by atoms with Crippen molar-refractivity contribution in [2.45, 2.75) is 25.4 Å². The first-order valence-electron chi connectivity index (χ1n) is 18.5. The lowest BCUT2D eigenvalue weighted by Crippen LogP contribution is -2.16. The summed E-state index contributed by atoms with van der Waals surface area (Å²) in [5.74, 6) is 1.30. The Morgan fingerprint density at radius 2 is 1.24 bits per heavy atom. The monoisotopic (exact) mass is 692 g/mol. The van der Waals surface area contributed by atoms with Crippen molar-refractivity contribution in [1.82, 2.24) is 9.55 Å². The van der Waals surface area contributed by atoms with E-state index in [1.165, 1.54) is 49.3 Å². The maximum absolute atomic E-state index is 5.13. The molecule has 1 aliphatic heterocycles. The first-order valence-corrected chi connectivity index (χ1v) is 18.5. The number of fused-ring (bicyclic) bond motifs is 8. The summed E-state index contributed by atoms with van der Waals surface area (Å²) >= 11 is 0. The molecule has 0 bridgehead atoms. The SMILES string of the molecule is CC1(C)c2ccccc2-c2cc3c4ccccc4n(-c4ccc(C5N=C(c6ccc7ccccc7c6)N=C(c6ccc7ccccc7c6)[N-]5)nc4)c3cc21. The summed E-state index contributed by atoms with van der Waals surface area (Å²) < 4.78 is 2.35. The summed E-state index contributed by atoms with van der Waals surface area (Å²) in [7, 11) is 0. The minimum Gasteiger partial charge on any atom is -0.437 e. The van der Waals surface area contributed by atoms with Gasteiger partial charge in [0, 0.05) is 16.2 Å². The molecule has 2 aliphatic rings. The highest BCUT2D eigenvalue weighted by Crippen LogP contribution is 2.51. The highest BCUT2D eigenvalue weighted by molar-refractivity contribution is 6.20. The minimum absolute atomic E-state index is 0.100. The van der Waals surface area contributed by atoms with Gasteiger partial charge in [0.1, 0.15) is 0 Å². The molecule has 11 rings (SSSR count). The Labute approximate surface area is 313 Å². The Morgan fingerprint density at radius 1 is 0.556 bits per heavy atom. The van der Waals surface area contributed by atoms with Crippen LogP contribution in [0.4, 0.5) is 0 Å². The average molecular weight is 693 g/mol. The second kappa shape index (κ2) is 11.6. The number of aromatic nitrogens is 2. The predicted octanol–water partition coefficient (Wildman–Crippen LogP) is 12.1. The standard InChI is InChI=1S/C49H34N5/c1-49(2)41-17-9-7-15-37(41)39-27-40-38-16-8-10-18-44(38)54(45(40)28-42(39)49)36-23-24-43(50-29-36)48-52-46(34-21-19-30-11-3-5-13-32(30)25-34)51-47(53-48)35-22-20-31-12-4-6-14-33(31)26-35/h3-29,48H,1-2H3/q-1. The quantitative estimate of drug-likeness (QED) is 0.181. The van der Waals surface area contributed by atoms with Gasteiger partial charge in [-0.3, -0.25) is 9.98 Å². The normalized spacial score (nSPS) is 15.9. The topological polar surface area (TPSA) is 56.6 Å². The zero-order valence-corrected chi connectivity index (χ0v) is 29.9. The van der Waals surface area contributed by atoms with Crippen LogP contribution in [-0.4, -0.2) is 21.2 Å². The van der Waals surface area contributed by atoms with E-state index in [1.54, 1.807) is 0 Å². The van der Waals surface area contributed by atoms with Crippen LogP contribution in [0.2, 0.25) is 0 Å². The molecule has 1 aliphatic carbocycles. The van der Waals surface area contributed by atoms with Gasteiger partial charge in [0.25, 0.3) is 0 Å². The third kappa shape index (κ3) is 4.68. The zero-order valence-electron chi connectivity index (χ0n) is 29.9. The third-order valence-corrected chi connectivity index (χ3v) is 11.4. The molecule has 0 saturated carbocycles. The van der Waals surface area contributed by atoms with Crippen LogP contribution in [0.25, 0.3) is 65.5 Å². The van der Waals surface area contributed by atoms with E-state index >= 15 is 0 Å². The van der Waals surface area contributed by atoms with Crippen LogP contribution in [0.5, 0.6) is 0 Å². The zero-order chi connectivity index (χ0) is 36.0. The fraction of sp³-hybridized carbons (Fsp3) is 0.0816. The molecule has 3 heterocycles. The molecule has 1 unspecified atom stereocenters. The summed E-state index contributed by atoms with van der Waals surface area (Å²) in [5.41, 5.74) is 11.3. The van der Waals surface area contributed by atoms with Gasteiger partial charge in [-0.25, -0.2) is 0 Å². The second-order valence-corrected chi connectivity index (χ2v) is 14.9. The average Bonchev–Trinajstić information content (AvgIpc) is 3.67. The molecule has 0 radical (unpaired) electrons. The van der Waals surface area contributed by atoms with Crippen LogP contribution in [0.1, 0.15) is 48.0 Å². The first kappa shape index (κ1) is 30.7. The summed E-state index contributed by atoms with van der Waals surface area (Å²) in [6.45, 7) is 4.67. The van der Waals surface area contributed by atoms with Gasteiger partial charge in [-0.15, -0.1) is 0 Å². The van der Waals surface area contributed by atoms with Crippen molar-refractivity contribution in [3.63, 3.8) is 0 Å². The molecule has 0 amide bonds. The maximum Gasteiger partial charge on any atom is 0.0996 e. The summed E-state index contributed by atoms with van der Waals surface area (Å²) in [5, 5.41) is 12.2. The molecule has 0 fully saturated rings. The van der Waals surface area contributed by atoms with E-state index in [2.05, 4.69) is 176 Å². The van der Waals surface area contributed by atoms with Gasteiger partial charge in [-0.1, -0.05) is 135 Å². The first-order chi connectivity index (χ1) is 26.5. The summed E-state index contributed by atoms with van der Waals surface area (Å²) in [6, 6.07) is 56.1. The van der Waals surface area contributed by atoms with E-state index in [1.807, 2.05) is 6.20 Å². The van der Waals surface area contributed by atoms with Gasteiger partial charge in [0.15, 0.2) is 0 Å². The Balaban J connectivity index is 1.03. The van der Waals surface area contributed by atoms with Crippen LogP contribution >= 0.6 is 0 Å². The van der Waals surface area contributed by atoms with Gasteiger partial charge in [-0.2, -0.15) is 0 Å². The van der Waals surface area contributed by atoms with Crippen molar-refractivity contribution in [1.29, 1.82) is 0 Å². The van der Waals surface area contributed by atoms with Crippen molar-refractivity contribution in [3.8, 4) is 16.8 Å². The third-order valence-electron chi connectivity index (χ3n) is 11.4. The molecule has 54 heavy (non-hydrogen) atoms. The van der Waals surface area contributed by atoms with E-state index in [0.29, 0.717) is 11.7 Å². The summed E-state index contributed by atoms with van der Waals surface area (Å²) in [6.07, 6.45) is 1.41. The maximum atomic E-state index is 5.13. The number of hydrogen-bond donors (Lipinski definition) is 0. The molecule has 256 valence electrons. The molecular weight excluding hydrogens is 659 g/mol. The smallest absolute Gasteiger partial charge is 0.0996 e. The molecule has 9 aromatic rings. The van der Waals surface area contributed by atoms with E-state index in [9.17, 15) is 0 Å². The number of benzene rings is 7. The predicted molar refractivity (Wildman–Crippen MR) is 223 cm³/mol. The van der Waals surface area contributed by atoms with E-state index < -0.39 is 6.17 Å². The van der Waals surface area contributed by atoms with Crippen LogP contribution < -0.4 is 0 Å². The lowest BCUT2D eigenvalue weighted by molar-refractivity contribution is 0.661. The largest absolute Gasteiger partial charge is 0.437 e. The molecule has 0 spiro atoms. The van der Waals surface area contributed by atoms with Gasteiger partial charge < -0.3 is 14.9 Å². The lowest BCUT2D eigenvalue weighted by Gasteiger charge is -2.32. The van der Waals surface area contributed by atoms with Crippen molar-refractivity contribution in [3.05, 3.63) is 197 Å². The van der Waals surface area contributed by atoms with Gasteiger partial charge in [0.05, 0.1) is 40.6 Å². The van der Waals surface area contributed by atoms with Crippen LogP contribution in [0.3, 0.4) is 0 Å². The van der Waals surface area contributed by atoms with E-state index in [0.717, 1.165) is 38.8 Å². The van der Waals surface area contributed by atoms with Gasteiger partial charge in [0.2, 0.25) is 0 Å². The Kier molecular flexibility index (Phi) is 6.59. The number of amidine groups is 2. The molecule has 0 saturated heterocycles. The van der Waals surface area contributed by atoms with Gasteiger partial charge >= 0.3 is 0 Å².